The first-order chi connectivity index (χ1) is 20.6. The highest BCUT2D eigenvalue weighted by atomic mass is 32.2. The Kier molecular flexibility index (Phi) is 8.27. The van der Waals surface area contributed by atoms with E-state index in [4.69, 9.17) is 16.0 Å². The van der Waals surface area contributed by atoms with E-state index in [1.165, 1.54) is 30.3 Å². The highest BCUT2D eigenvalue weighted by molar-refractivity contribution is 7.85. The summed E-state index contributed by atoms with van der Waals surface area (Å²) in [6, 6.07) is 29.8. The third-order valence-corrected chi connectivity index (χ3v) is 6.92. The molecule has 12 nitrogen and oxygen atoms in total. The zero-order chi connectivity index (χ0) is 30.4. The molecule has 0 fully saturated rings. The van der Waals surface area contributed by atoms with Crippen LogP contribution >= 0.6 is 0 Å². The van der Waals surface area contributed by atoms with Crippen molar-refractivity contribution in [1.82, 2.24) is 0 Å². The van der Waals surface area contributed by atoms with Crippen LogP contribution in [-0.4, -0.2) is 18.1 Å². The maximum Gasteiger partial charge on any atom is 0.294 e. The third-order valence-electron chi connectivity index (χ3n) is 6.06. The monoisotopic (exact) mass is 592 g/mol. The van der Waals surface area contributed by atoms with Gasteiger partial charge in [-0.15, -0.1) is 10.2 Å². The van der Waals surface area contributed by atoms with Crippen molar-refractivity contribution in [2.24, 2.45) is 30.7 Å². The molecular weight excluding hydrogens is 568 g/mol. The Morgan fingerprint density at radius 2 is 0.837 bits per heavy atom. The molecular formula is C30H24N8O4S. The van der Waals surface area contributed by atoms with Crippen LogP contribution in [-0.2, 0) is 10.1 Å². The molecule has 5 aromatic carbocycles. The number of hydrogen-bond donors (Lipinski definition) is 4. The number of phenols is 1. The number of rotatable bonds is 8. The first kappa shape index (κ1) is 28.7. The summed E-state index contributed by atoms with van der Waals surface area (Å²) in [5, 5.41) is 34.4. The summed E-state index contributed by atoms with van der Waals surface area (Å²) < 4.78 is 31.5. The van der Waals surface area contributed by atoms with Gasteiger partial charge in [0.25, 0.3) is 10.1 Å². The zero-order valence-electron chi connectivity index (χ0n) is 22.3. The van der Waals surface area contributed by atoms with E-state index in [1.807, 2.05) is 48.5 Å². The highest BCUT2D eigenvalue weighted by Crippen LogP contribution is 2.35. The van der Waals surface area contributed by atoms with Crippen molar-refractivity contribution in [3.8, 4) is 16.9 Å². The predicted molar refractivity (Wildman–Crippen MR) is 164 cm³/mol. The molecule has 6 N–H and O–H groups in total. The van der Waals surface area contributed by atoms with Crippen LogP contribution in [0.25, 0.3) is 11.1 Å². The lowest BCUT2D eigenvalue weighted by Gasteiger charge is -2.05. The number of hydrogen-bond acceptors (Lipinski definition) is 11. The summed E-state index contributed by atoms with van der Waals surface area (Å²) in [5.74, 6) is 0.172. The van der Waals surface area contributed by atoms with Crippen molar-refractivity contribution in [2.45, 2.75) is 4.90 Å². The van der Waals surface area contributed by atoms with Gasteiger partial charge in [0.2, 0.25) is 0 Å². The summed E-state index contributed by atoms with van der Waals surface area (Å²) in [6.45, 7) is 0. The standard InChI is InChI=1S/C30H24N8O4S/c31-27-17-28(32)30(38-36-24-11-15-26(16-12-24)43(40,41)42)18-29(27)37-35-22-7-3-20(4-8-22)19-1-5-21(6-2-19)33-34-23-9-13-25(39)14-10-23/h1-18,39H,31-32H2,(H,40,41,42). The lowest BCUT2D eigenvalue weighted by molar-refractivity contribution is 0.475. The number of nitrogens with two attached hydrogens (primary N) is 2. The summed E-state index contributed by atoms with van der Waals surface area (Å²) in [4.78, 5) is -0.252. The van der Waals surface area contributed by atoms with Gasteiger partial charge in [0.15, 0.2) is 0 Å². The molecule has 0 heterocycles. The number of benzene rings is 5. The van der Waals surface area contributed by atoms with Gasteiger partial charge in [-0.25, -0.2) is 0 Å². The van der Waals surface area contributed by atoms with Gasteiger partial charge in [-0.2, -0.15) is 28.9 Å². The van der Waals surface area contributed by atoms with Crippen LogP contribution in [0.4, 0.5) is 45.5 Å². The summed E-state index contributed by atoms with van der Waals surface area (Å²) in [6.07, 6.45) is 0. The second-order valence-electron chi connectivity index (χ2n) is 9.15. The quantitative estimate of drug-likeness (QED) is 0.0787. The molecule has 0 aliphatic heterocycles. The molecule has 5 aromatic rings. The van der Waals surface area contributed by atoms with Gasteiger partial charge in [0.1, 0.15) is 17.1 Å². The van der Waals surface area contributed by atoms with Gasteiger partial charge in [0.05, 0.1) is 39.0 Å². The van der Waals surface area contributed by atoms with E-state index >= 15 is 0 Å². The second kappa shape index (κ2) is 12.4. The maximum absolute atomic E-state index is 11.2. The minimum atomic E-state index is -4.30. The Morgan fingerprint density at radius 3 is 1.23 bits per heavy atom. The Labute approximate surface area is 246 Å². The predicted octanol–water partition coefficient (Wildman–Crippen LogP) is 8.72. The molecule has 0 bridgehead atoms. The number of azo groups is 3. The van der Waals surface area contributed by atoms with Crippen molar-refractivity contribution in [2.75, 3.05) is 11.5 Å². The molecule has 13 heteroatoms. The Hall–Kier alpha value is -5.79. The molecule has 0 radical (unpaired) electrons. The SMILES string of the molecule is Nc1cc(N)c(N=Nc2ccc(S(=O)(=O)O)cc2)cc1N=Nc1ccc(-c2ccc(N=Nc3ccc(O)cc3)cc2)cc1. The molecule has 0 aliphatic rings. The highest BCUT2D eigenvalue weighted by Gasteiger charge is 2.09. The van der Waals surface area contributed by atoms with Gasteiger partial charge in [0, 0.05) is 0 Å². The van der Waals surface area contributed by atoms with Crippen LogP contribution in [0.2, 0.25) is 0 Å². The molecule has 0 atom stereocenters. The van der Waals surface area contributed by atoms with Crippen LogP contribution in [0.3, 0.4) is 0 Å². The average Bonchev–Trinajstić information content (AvgIpc) is 3.00. The fourth-order valence-corrected chi connectivity index (χ4v) is 4.25. The van der Waals surface area contributed by atoms with Gasteiger partial charge in [-0.05, 0) is 96.1 Å². The normalized spacial score (nSPS) is 12.0. The molecule has 0 amide bonds. The zero-order valence-corrected chi connectivity index (χ0v) is 23.2. The Morgan fingerprint density at radius 1 is 0.488 bits per heavy atom. The maximum atomic E-state index is 11.2. The van der Waals surface area contributed by atoms with Gasteiger partial charge in [-0.3, -0.25) is 4.55 Å². The molecule has 0 aliphatic carbocycles. The van der Waals surface area contributed by atoms with Crippen LogP contribution < -0.4 is 11.5 Å². The van der Waals surface area contributed by atoms with Crippen LogP contribution in [0.1, 0.15) is 0 Å². The average molecular weight is 593 g/mol. The number of aromatic hydroxyl groups is 1. The number of phenolic OH excluding ortho intramolecular Hbond substituents is 1. The summed E-state index contributed by atoms with van der Waals surface area (Å²) in [5.41, 5.74) is 17.6. The van der Waals surface area contributed by atoms with Crippen LogP contribution in [0.15, 0.2) is 145 Å². The van der Waals surface area contributed by atoms with E-state index in [1.54, 1.807) is 30.3 Å². The molecule has 0 unspecified atom stereocenters. The van der Waals surface area contributed by atoms with E-state index in [2.05, 4.69) is 30.7 Å². The fraction of sp³-hybridized carbons (Fsp3) is 0. The third kappa shape index (κ3) is 7.49. The minimum Gasteiger partial charge on any atom is -0.508 e. The van der Waals surface area contributed by atoms with Crippen molar-refractivity contribution in [3.05, 3.63) is 109 Å². The van der Waals surface area contributed by atoms with Crippen molar-refractivity contribution in [3.63, 3.8) is 0 Å². The topological polar surface area (TPSA) is 201 Å². The van der Waals surface area contributed by atoms with Crippen molar-refractivity contribution < 1.29 is 18.1 Å². The molecule has 0 aromatic heterocycles. The molecule has 214 valence electrons. The van der Waals surface area contributed by atoms with Gasteiger partial charge < -0.3 is 16.6 Å². The van der Waals surface area contributed by atoms with Crippen molar-refractivity contribution in [1.29, 1.82) is 0 Å². The smallest absolute Gasteiger partial charge is 0.294 e. The lowest BCUT2D eigenvalue weighted by Crippen LogP contribution is -1.96. The number of nitrogen functional groups attached to an aromatic ring is 2. The first-order valence-corrected chi connectivity index (χ1v) is 14.1. The fourth-order valence-electron chi connectivity index (χ4n) is 3.77. The number of anilines is 2. The van der Waals surface area contributed by atoms with E-state index in [9.17, 15) is 13.5 Å². The first-order valence-electron chi connectivity index (χ1n) is 12.7. The molecule has 0 saturated heterocycles. The van der Waals surface area contributed by atoms with Gasteiger partial charge >= 0.3 is 0 Å². The summed E-state index contributed by atoms with van der Waals surface area (Å²) in [7, 11) is -4.30. The van der Waals surface area contributed by atoms with Crippen LogP contribution in [0, 0.1) is 0 Å². The van der Waals surface area contributed by atoms with E-state index in [0.29, 0.717) is 39.8 Å². The van der Waals surface area contributed by atoms with E-state index in [0.717, 1.165) is 11.1 Å². The van der Waals surface area contributed by atoms with E-state index < -0.39 is 10.1 Å². The van der Waals surface area contributed by atoms with Crippen LogP contribution in [0.5, 0.6) is 5.75 Å². The number of nitrogens with zero attached hydrogens (tertiary/aromatic N) is 6. The lowest BCUT2D eigenvalue weighted by atomic mass is 10.1. The largest absolute Gasteiger partial charge is 0.508 e. The summed E-state index contributed by atoms with van der Waals surface area (Å²) >= 11 is 0. The molecule has 0 spiro atoms. The molecule has 43 heavy (non-hydrogen) atoms. The van der Waals surface area contributed by atoms with E-state index in [-0.39, 0.29) is 16.3 Å². The molecule has 5 rings (SSSR count). The van der Waals surface area contributed by atoms with Crippen molar-refractivity contribution >= 4 is 55.6 Å². The molecule has 0 saturated carbocycles. The Bertz CT molecular complexity index is 1940. The minimum absolute atomic E-state index is 0.172. The van der Waals surface area contributed by atoms with Gasteiger partial charge in [-0.1, -0.05) is 24.3 Å². The Balaban J connectivity index is 1.26. The second-order valence-corrected chi connectivity index (χ2v) is 10.6.